The molecule has 2 N–H and O–H groups in total. The summed E-state index contributed by atoms with van der Waals surface area (Å²) in [5, 5.41) is 0. The molecule has 16 heavy (non-hydrogen) atoms. The molecule has 0 heterocycles. The second kappa shape index (κ2) is 7.71. The van der Waals surface area contributed by atoms with Crippen molar-refractivity contribution < 1.29 is 0 Å². The van der Waals surface area contributed by atoms with Gasteiger partial charge in [0.1, 0.15) is 0 Å². The minimum absolute atomic E-state index is 0.729. The van der Waals surface area contributed by atoms with Crippen LogP contribution in [0, 0.1) is 0 Å². The highest BCUT2D eigenvalue weighted by Gasteiger charge is 1.92. The normalized spacial score (nSPS) is 11.4. The molecule has 0 aliphatic rings. The molecular formula is C14H20N2. The van der Waals surface area contributed by atoms with Crippen LogP contribution in [-0.4, -0.2) is 18.0 Å². The number of nitrogens with zero attached hydrogens (tertiary/aromatic N) is 1. The van der Waals surface area contributed by atoms with E-state index >= 15 is 0 Å². The summed E-state index contributed by atoms with van der Waals surface area (Å²) in [7, 11) is 0. The highest BCUT2D eigenvalue weighted by atomic mass is 15.1. The molecule has 0 saturated carbocycles. The first-order valence-corrected chi connectivity index (χ1v) is 5.68. The fourth-order valence-electron chi connectivity index (χ4n) is 1.41. The van der Waals surface area contributed by atoms with E-state index in [4.69, 9.17) is 5.73 Å². The van der Waals surface area contributed by atoms with Crippen LogP contribution in [0.3, 0.4) is 0 Å². The largest absolute Gasteiger partial charge is 0.355 e. The van der Waals surface area contributed by atoms with Gasteiger partial charge in [-0.3, -0.25) is 0 Å². The monoisotopic (exact) mass is 216 g/mol. The van der Waals surface area contributed by atoms with E-state index in [1.165, 1.54) is 5.56 Å². The van der Waals surface area contributed by atoms with E-state index in [0.29, 0.717) is 0 Å². The van der Waals surface area contributed by atoms with Gasteiger partial charge >= 0.3 is 0 Å². The van der Waals surface area contributed by atoms with Crippen LogP contribution in [0.4, 0.5) is 0 Å². The summed E-state index contributed by atoms with van der Waals surface area (Å²) in [5.74, 6) is 0. The van der Waals surface area contributed by atoms with Crippen molar-refractivity contribution in [1.29, 1.82) is 0 Å². The van der Waals surface area contributed by atoms with Gasteiger partial charge in [-0.05, 0) is 37.7 Å². The Balaban J connectivity index is 2.57. The molecule has 1 rings (SSSR count). The second-order valence-electron chi connectivity index (χ2n) is 3.59. The summed E-state index contributed by atoms with van der Waals surface area (Å²) in [6.45, 7) is 3.71. The van der Waals surface area contributed by atoms with E-state index in [1.807, 2.05) is 31.2 Å². The third-order valence-corrected chi connectivity index (χ3v) is 2.22. The van der Waals surface area contributed by atoms with Crippen molar-refractivity contribution in [2.75, 3.05) is 13.1 Å². The minimum Gasteiger partial charge on any atom is -0.355 e. The molecule has 0 spiro atoms. The molecule has 0 bridgehead atoms. The quantitative estimate of drug-likeness (QED) is 0.792. The standard InChI is InChI=1S/C14H20N2/c1-2-11-16(12-6-10-15)13-9-14-7-4-3-5-8-14/h2-5,7-9,11,13H,6,10,12,15H2,1H3. The Morgan fingerprint density at radius 3 is 2.56 bits per heavy atom. The first-order chi connectivity index (χ1) is 7.86. The van der Waals surface area contributed by atoms with Crippen molar-refractivity contribution in [3.63, 3.8) is 0 Å². The van der Waals surface area contributed by atoms with Crippen LogP contribution in [0.25, 0.3) is 6.08 Å². The van der Waals surface area contributed by atoms with E-state index in [-0.39, 0.29) is 0 Å². The summed E-state index contributed by atoms with van der Waals surface area (Å²) < 4.78 is 0. The topological polar surface area (TPSA) is 29.3 Å². The Kier molecular flexibility index (Phi) is 6.04. The first-order valence-electron chi connectivity index (χ1n) is 5.68. The van der Waals surface area contributed by atoms with E-state index < -0.39 is 0 Å². The SMILES string of the molecule is CC=CN(C=Cc1ccccc1)CCCN. The predicted octanol–water partition coefficient (Wildman–Crippen LogP) is 2.84. The molecule has 2 heteroatoms. The lowest BCUT2D eigenvalue weighted by Crippen LogP contribution is -2.14. The summed E-state index contributed by atoms with van der Waals surface area (Å²) >= 11 is 0. The van der Waals surface area contributed by atoms with Gasteiger partial charge in [-0.15, -0.1) is 0 Å². The Morgan fingerprint density at radius 1 is 1.19 bits per heavy atom. The summed E-state index contributed by atoms with van der Waals surface area (Å²) in [4.78, 5) is 2.15. The number of benzene rings is 1. The zero-order valence-electron chi connectivity index (χ0n) is 9.84. The Morgan fingerprint density at radius 2 is 1.94 bits per heavy atom. The van der Waals surface area contributed by atoms with Crippen LogP contribution in [0.2, 0.25) is 0 Å². The molecule has 0 saturated heterocycles. The second-order valence-corrected chi connectivity index (χ2v) is 3.59. The molecule has 0 unspecified atom stereocenters. The summed E-state index contributed by atoms with van der Waals surface area (Å²) in [6.07, 6.45) is 9.30. The van der Waals surface area contributed by atoms with Gasteiger partial charge in [-0.2, -0.15) is 0 Å². The van der Waals surface area contributed by atoms with Crippen LogP contribution >= 0.6 is 0 Å². The number of hydrogen-bond donors (Lipinski definition) is 1. The maximum atomic E-state index is 5.51. The maximum absolute atomic E-state index is 5.51. The van der Waals surface area contributed by atoms with Gasteiger partial charge in [0.15, 0.2) is 0 Å². The molecular weight excluding hydrogens is 196 g/mol. The number of hydrogen-bond acceptors (Lipinski definition) is 2. The van der Waals surface area contributed by atoms with E-state index in [2.05, 4.69) is 35.5 Å². The molecule has 0 radical (unpaired) electrons. The highest BCUT2D eigenvalue weighted by Crippen LogP contribution is 2.03. The Bertz CT molecular complexity index is 328. The van der Waals surface area contributed by atoms with Gasteiger partial charge in [-0.1, -0.05) is 36.4 Å². The molecule has 0 amide bonds. The van der Waals surface area contributed by atoms with E-state index in [0.717, 1.165) is 19.5 Å². The maximum Gasteiger partial charge on any atom is 0.0231 e. The van der Waals surface area contributed by atoms with Gasteiger partial charge in [0.05, 0.1) is 0 Å². The Hall–Kier alpha value is -1.54. The lowest BCUT2D eigenvalue weighted by molar-refractivity contribution is 0.494. The van der Waals surface area contributed by atoms with Crippen LogP contribution in [0.1, 0.15) is 18.9 Å². The van der Waals surface area contributed by atoms with Gasteiger partial charge < -0.3 is 10.6 Å². The molecule has 0 atom stereocenters. The molecule has 1 aromatic carbocycles. The third-order valence-electron chi connectivity index (χ3n) is 2.22. The van der Waals surface area contributed by atoms with Crippen molar-refractivity contribution in [2.45, 2.75) is 13.3 Å². The smallest absolute Gasteiger partial charge is 0.0231 e. The molecule has 0 fully saturated rings. The van der Waals surface area contributed by atoms with Gasteiger partial charge in [0, 0.05) is 12.7 Å². The molecule has 86 valence electrons. The van der Waals surface area contributed by atoms with Crippen molar-refractivity contribution >= 4 is 6.08 Å². The van der Waals surface area contributed by atoms with Gasteiger partial charge in [0.2, 0.25) is 0 Å². The average molecular weight is 216 g/mol. The fourth-order valence-corrected chi connectivity index (χ4v) is 1.41. The number of allylic oxidation sites excluding steroid dienone is 1. The molecule has 0 aliphatic heterocycles. The van der Waals surface area contributed by atoms with Crippen molar-refractivity contribution in [3.05, 3.63) is 54.4 Å². The van der Waals surface area contributed by atoms with Gasteiger partial charge in [0.25, 0.3) is 0 Å². The predicted molar refractivity (Wildman–Crippen MR) is 70.7 cm³/mol. The summed E-state index contributed by atoms with van der Waals surface area (Å²) in [5.41, 5.74) is 6.72. The lowest BCUT2D eigenvalue weighted by Gasteiger charge is -2.14. The molecule has 2 nitrogen and oxygen atoms in total. The fraction of sp³-hybridized carbons (Fsp3) is 0.286. The van der Waals surface area contributed by atoms with Crippen LogP contribution in [-0.2, 0) is 0 Å². The van der Waals surface area contributed by atoms with E-state index in [1.54, 1.807) is 0 Å². The molecule has 1 aromatic rings. The third kappa shape index (κ3) is 4.80. The van der Waals surface area contributed by atoms with Gasteiger partial charge in [-0.25, -0.2) is 0 Å². The summed E-state index contributed by atoms with van der Waals surface area (Å²) in [6, 6.07) is 10.3. The Labute approximate surface area is 98.1 Å². The number of rotatable bonds is 6. The van der Waals surface area contributed by atoms with Crippen LogP contribution in [0.5, 0.6) is 0 Å². The first kappa shape index (κ1) is 12.5. The van der Waals surface area contributed by atoms with E-state index in [9.17, 15) is 0 Å². The zero-order chi connectivity index (χ0) is 11.6. The van der Waals surface area contributed by atoms with Crippen LogP contribution in [0.15, 0.2) is 48.8 Å². The van der Waals surface area contributed by atoms with Crippen molar-refractivity contribution in [3.8, 4) is 0 Å². The van der Waals surface area contributed by atoms with Crippen molar-refractivity contribution in [1.82, 2.24) is 4.90 Å². The number of nitrogens with two attached hydrogens (primary N) is 1. The van der Waals surface area contributed by atoms with Crippen molar-refractivity contribution in [2.24, 2.45) is 5.73 Å². The molecule has 0 aromatic heterocycles. The molecule has 0 aliphatic carbocycles. The highest BCUT2D eigenvalue weighted by molar-refractivity contribution is 5.48. The minimum atomic E-state index is 0.729. The average Bonchev–Trinajstić information content (AvgIpc) is 2.34. The lowest BCUT2D eigenvalue weighted by atomic mass is 10.2. The zero-order valence-corrected chi connectivity index (χ0v) is 9.84. The van der Waals surface area contributed by atoms with Crippen LogP contribution < -0.4 is 5.73 Å².